The third-order valence-electron chi connectivity index (χ3n) is 3.22. The van der Waals surface area contributed by atoms with Crippen LogP contribution < -0.4 is 5.32 Å². The van der Waals surface area contributed by atoms with Crippen molar-refractivity contribution in [2.45, 2.75) is 25.8 Å². The highest BCUT2D eigenvalue weighted by atomic mass is 16.5. The summed E-state index contributed by atoms with van der Waals surface area (Å²) in [4.78, 5) is 11.2. The van der Waals surface area contributed by atoms with Gasteiger partial charge in [-0.3, -0.25) is 4.79 Å². The average Bonchev–Trinajstić information content (AvgIpc) is 1.95. The Labute approximate surface area is 72.5 Å². The van der Waals surface area contributed by atoms with E-state index in [1.54, 1.807) is 0 Å². The van der Waals surface area contributed by atoms with Crippen molar-refractivity contribution >= 4 is 5.97 Å². The molecule has 1 saturated carbocycles. The molecule has 68 valence electrons. The summed E-state index contributed by atoms with van der Waals surface area (Å²) < 4.78 is 4.72. The predicted molar refractivity (Wildman–Crippen MR) is 44.6 cm³/mol. The summed E-state index contributed by atoms with van der Waals surface area (Å²) in [5.74, 6) is 0.701. The van der Waals surface area contributed by atoms with Gasteiger partial charge in [0.25, 0.3) is 0 Å². The summed E-state index contributed by atoms with van der Waals surface area (Å²) in [5.41, 5.74) is 0.270. The van der Waals surface area contributed by atoms with Crippen LogP contribution in [0.4, 0.5) is 0 Å². The molecule has 0 radical (unpaired) electrons. The molecule has 2 aliphatic rings. The quantitative estimate of drug-likeness (QED) is 0.582. The fourth-order valence-corrected chi connectivity index (χ4v) is 2.65. The molecular weight excluding hydrogens is 154 g/mol. The molecule has 0 aromatic heterocycles. The highest BCUT2D eigenvalue weighted by Crippen LogP contribution is 2.51. The summed E-state index contributed by atoms with van der Waals surface area (Å²) in [6.45, 7) is 3.23. The molecule has 1 saturated heterocycles. The summed E-state index contributed by atoms with van der Waals surface area (Å²) in [7, 11) is 1.46. The molecular formula is C9H15NO2. The van der Waals surface area contributed by atoms with Crippen molar-refractivity contribution in [3.8, 4) is 0 Å². The fourth-order valence-electron chi connectivity index (χ4n) is 2.65. The van der Waals surface area contributed by atoms with Crippen LogP contribution in [0.25, 0.3) is 0 Å². The van der Waals surface area contributed by atoms with Crippen molar-refractivity contribution in [3.63, 3.8) is 0 Å². The predicted octanol–water partition coefficient (Wildman–Crippen LogP) is 0.547. The maximum atomic E-state index is 11.2. The SMILES string of the molecule is COC(=O)C1NCC12CC(C)C2. The molecule has 1 aliphatic heterocycles. The minimum Gasteiger partial charge on any atom is -0.468 e. The number of carbonyl (C=O) groups is 1. The van der Waals surface area contributed by atoms with Gasteiger partial charge in [-0.25, -0.2) is 0 Å². The minimum absolute atomic E-state index is 0.0151. The largest absolute Gasteiger partial charge is 0.468 e. The van der Waals surface area contributed by atoms with E-state index in [-0.39, 0.29) is 17.4 Å². The van der Waals surface area contributed by atoms with Gasteiger partial charge >= 0.3 is 5.97 Å². The lowest BCUT2D eigenvalue weighted by Gasteiger charge is -2.57. The fraction of sp³-hybridized carbons (Fsp3) is 0.889. The number of rotatable bonds is 1. The number of methoxy groups -OCH3 is 1. The first-order valence-electron chi connectivity index (χ1n) is 4.49. The van der Waals surface area contributed by atoms with Gasteiger partial charge in [0, 0.05) is 12.0 Å². The van der Waals surface area contributed by atoms with Gasteiger partial charge in [-0.15, -0.1) is 0 Å². The van der Waals surface area contributed by atoms with Crippen LogP contribution in [0.2, 0.25) is 0 Å². The third-order valence-corrected chi connectivity index (χ3v) is 3.22. The third kappa shape index (κ3) is 0.891. The molecule has 0 aromatic rings. The standard InChI is InChI=1S/C9H15NO2/c1-6-3-9(4-6)5-10-7(9)8(11)12-2/h6-7,10H,3-5H2,1-2H3. The molecule has 0 bridgehead atoms. The van der Waals surface area contributed by atoms with Crippen LogP contribution in [-0.2, 0) is 9.53 Å². The van der Waals surface area contributed by atoms with Crippen LogP contribution in [-0.4, -0.2) is 25.7 Å². The molecule has 12 heavy (non-hydrogen) atoms. The Balaban J connectivity index is 1.98. The molecule has 0 aromatic carbocycles. The molecule has 2 rings (SSSR count). The Morgan fingerprint density at radius 2 is 2.25 bits per heavy atom. The minimum atomic E-state index is -0.0897. The zero-order chi connectivity index (χ0) is 8.77. The number of nitrogens with one attached hydrogen (secondary N) is 1. The molecule has 1 atom stereocenters. The van der Waals surface area contributed by atoms with Gasteiger partial charge in [0.15, 0.2) is 0 Å². The summed E-state index contributed by atoms with van der Waals surface area (Å²) in [6.07, 6.45) is 2.36. The zero-order valence-electron chi connectivity index (χ0n) is 7.59. The van der Waals surface area contributed by atoms with E-state index in [9.17, 15) is 4.79 Å². The number of carbonyl (C=O) groups excluding carboxylic acids is 1. The number of hydrogen-bond donors (Lipinski definition) is 1. The van der Waals surface area contributed by atoms with E-state index < -0.39 is 0 Å². The average molecular weight is 169 g/mol. The molecule has 0 amide bonds. The van der Waals surface area contributed by atoms with Crippen LogP contribution in [0, 0.1) is 11.3 Å². The molecule has 1 spiro atoms. The van der Waals surface area contributed by atoms with Gasteiger partial charge in [0.1, 0.15) is 6.04 Å². The maximum Gasteiger partial charge on any atom is 0.323 e. The van der Waals surface area contributed by atoms with Crippen LogP contribution in [0.3, 0.4) is 0 Å². The van der Waals surface area contributed by atoms with E-state index in [0.29, 0.717) is 0 Å². The molecule has 2 fully saturated rings. The van der Waals surface area contributed by atoms with E-state index in [0.717, 1.165) is 12.5 Å². The molecule has 1 N–H and O–H groups in total. The number of ether oxygens (including phenoxy) is 1. The van der Waals surface area contributed by atoms with E-state index >= 15 is 0 Å². The zero-order valence-corrected chi connectivity index (χ0v) is 7.59. The molecule has 1 unspecified atom stereocenters. The smallest absolute Gasteiger partial charge is 0.323 e. The second-order valence-corrected chi connectivity index (χ2v) is 4.21. The van der Waals surface area contributed by atoms with Crippen molar-refractivity contribution in [1.29, 1.82) is 0 Å². The number of esters is 1. The Kier molecular flexibility index (Phi) is 1.65. The van der Waals surface area contributed by atoms with Crippen molar-refractivity contribution in [3.05, 3.63) is 0 Å². The lowest BCUT2D eigenvalue weighted by molar-refractivity contribution is -0.159. The van der Waals surface area contributed by atoms with Gasteiger partial charge in [0.2, 0.25) is 0 Å². The summed E-state index contributed by atoms with van der Waals surface area (Å²) in [5, 5.41) is 3.13. The van der Waals surface area contributed by atoms with Crippen LogP contribution in [0.1, 0.15) is 19.8 Å². The highest BCUT2D eigenvalue weighted by Gasteiger charge is 2.57. The van der Waals surface area contributed by atoms with Crippen LogP contribution in [0.5, 0.6) is 0 Å². The first-order valence-corrected chi connectivity index (χ1v) is 4.49. The Morgan fingerprint density at radius 3 is 2.58 bits per heavy atom. The van der Waals surface area contributed by atoms with Gasteiger partial charge in [-0.05, 0) is 18.8 Å². The molecule has 3 heteroatoms. The lowest BCUT2D eigenvalue weighted by Crippen LogP contribution is -2.70. The molecule has 3 nitrogen and oxygen atoms in total. The number of hydrogen-bond acceptors (Lipinski definition) is 3. The van der Waals surface area contributed by atoms with Gasteiger partial charge < -0.3 is 10.1 Å². The van der Waals surface area contributed by atoms with Crippen molar-refractivity contribution in [2.24, 2.45) is 11.3 Å². The molecule has 1 aliphatic carbocycles. The van der Waals surface area contributed by atoms with E-state index in [1.807, 2.05) is 0 Å². The highest BCUT2D eigenvalue weighted by molar-refractivity contribution is 5.78. The monoisotopic (exact) mass is 169 g/mol. The second kappa shape index (κ2) is 2.46. The molecule has 1 heterocycles. The van der Waals surface area contributed by atoms with Crippen molar-refractivity contribution < 1.29 is 9.53 Å². The van der Waals surface area contributed by atoms with Gasteiger partial charge in [-0.2, -0.15) is 0 Å². The van der Waals surface area contributed by atoms with Crippen LogP contribution >= 0.6 is 0 Å². The summed E-state index contributed by atoms with van der Waals surface area (Å²) >= 11 is 0. The second-order valence-electron chi connectivity index (χ2n) is 4.21. The van der Waals surface area contributed by atoms with Crippen LogP contribution in [0.15, 0.2) is 0 Å². The Morgan fingerprint density at radius 1 is 1.58 bits per heavy atom. The Hall–Kier alpha value is -0.570. The Bertz CT molecular complexity index is 209. The first-order chi connectivity index (χ1) is 5.68. The van der Waals surface area contributed by atoms with Crippen molar-refractivity contribution in [1.82, 2.24) is 5.32 Å². The van der Waals surface area contributed by atoms with E-state index in [4.69, 9.17) is 4.74 Å². The normalized spacial score (nSPS) is 44.8. The topological polar surface area (TPSA) is 38.3 Å². The summed E-state index contributed by atoms with van der Waals surface area (Å²) in [6, 6.07) is -0.0151. The van der Waals surface area contributed by atoms with E-state index in [1.165, 1.54) is 20.0 Å². The lowest BCUT2D eigenvalue weighted by atomic mass is 9.55. The van der Waals surface area contributed by atoms with Gasteiger partial charge in [-0.1, -0.05) is 6.92 Å². The van der Waals surface area contributed by atoms with Gasteiger partial charge in [0.05, 0.1) is 7.11 Å². The first kappa shape index (κ1) is 8.05. The van der Waals surface area contributed by atoms with Crippen molar-refractivity contribution in [2.75, 3.05) is 13.7 Å². The van der Waals surface area contributed by atoms with E-state index in [2.05, 4.69) is 12.2 Å². The maximum absolute atomic E-state index is 11.2.